The molecule has 54 heavy (non-hydrogen) atoms. The Morgan fingerprint density at radius 1 is 0.481 bits per heavy atom. The Kier molecular flexibility index (Phi) is 6.99. The van der Waals surface area contributed by atoms with E-state index in [0.717, 1.165) is 73.2 Å². The number of para-hydroxylation sites is 3. The van der Waals surface area contributed by atoms with Crippen molar-refractivity contribution in [2.45, 2.75) is 12.3 Å². The molecular weight excluding hydrogens is 657 g/mol. The third kappa shape index (κ3) is 4.93. The van der Waals surface area contributed by atoms with Crippen molar-refractivity contribution in [3.05, 3.63) is 205 Å². The van der Waals surface area contributed by atoms with E-state index in [1.165, 1.54) is 33.4 Å². The topological polar surface area (TPSA) is 31.0 Å². The fourth-order valence-electron chi connectivity index (χ4n) is 8.70. The van der Waals surface area contributed by atoms with Gasteiger partial charge in [0, 0.05) is 27.9 Å². The number of imidazole rings is 1. The Hall–Kier alpha value is -6.97. The second-order valence-corrected chi connectivity index (χ2v) is 14.3. The number of aromatic nitrogens is 2. The van der Waals surface area contributed by atoms with Gasteiger partial charge in [-0.2, -0.15) is 0 Å². The van der Waals surface area contributed by atoms with E-state index in [0.29, 0.717) is 5.92 Å². The lowest BCUT2D eigenvalue weighted by atomic mass is 9.89. The Morgan fingerprint density at radius 3 is 1.93 bits per heavy atom. The molecule has 8 aromatic carbocycles. The molecule has 3 heteroatoms. The van der Waals surface area contributed by atoms with E-state index < -0.39 is 0 Å². The maximum atomic E-state index is 6.84. The van der Waals surface area contributed by atoms with Crippen LogP contribution in [0, 0.1) is 0 Å². The summed E-state index contributed by atoms with van der Waals surface area (Å²) in [6.07, 6.45) is 0.947. The number of hydrogen-bond acceptors (Lipinski definition) is 2. The lowest BCUT2D eigenvalue weighted by Crippen LogP contribution is -2.01. The van der Waals surface area contributed by atoms with Gasteiger partial charge in [-0.05, 0) is 105 Å². The van der Waals surface area contributed by atoms with E-state index >= 15 is 0 Å². The van der Waals surface area contributed by atoms with E-state index in [4.69, 9.17) is 9.40 Å². The quantitative estimate of drug-likeness (QED) is 0.174. The highest BCUT2D eigenvalue weighted by atomic mass is 16.3. The summed E-state index contributed by atoms with van der Waals surface area (Å²) in [6.45, 7) is 0. The molecule has 0 aliphatic heterocycles. The average Bonchev–Trinajstić information content (AvgIpc) is 3.91. The molecule has 0 radical (unpaired) electrons. The smallest absolute Gasteiger partial charge is 0.146 e. The number of hydrogen-bond donors (Lipinski definition) is 0. The van der Waals surface area contributed by atoms with Crippen LogP contribution in [0.25, 0.3) is 83.4 Å². The SMILES string of the molecule is c1ccc(-c2cc(-c3nc4ccccc4n3-c3ccccc3)c3c(c2)oc2cc(-c4cccc(CC5c6ccccc6-c6ccccc65)c4)ccc23)cc1. The highest BCUT2D eigenvalue weighted by Crippen LogP contribution is 2.47. The van der Waals surface area contributed by atoms with Crippen LogP contribution in [0.1, 0.15) is 22.6 Å². The minimum atomic E-state index is 0.336. The molecule has 0 unspecified atom stereocenters. The Labute approximate surface area is 313 Å². The van der Waals surface area contributed by atoms with Gasteiger partial charge in [-0.15, -0.1) is 0 Å². The summed E-state index contributed by atoms with van der Waals surface area (Å²) >= 11 is 0. The van der Waals surface area contributed by atoms with Gasteiger partial charge in [0.2, 0.25) is 0 Å². The first-order valence-corrected chi connectivity index (χ1v) is 18.6. The van der Waals surface area contributed by atoms with Crippen molar-refractivity contribution in [2.75, 3.05) is 0 Å². The van der Waals surface area contributed by atoms with Crippen molar-refractivity contribution < 1.29 is 4.42 Å². The molecule has 2 aromatic heterocycles. The molecular formula is C51H34N2O. The molecule has 1 aliphatic carbocycles. The van der Waals surface area contributed by atoms with E-state index in [1.54, 1.807) is 0 Å². The van der Waals surface area contributed by atoms with Crippen molar-refractivity contribution in [1.82, 2.24) is 9.55 Å². The van der Waals surface area contributed by atoms with Gasteiger partial charge in [-0.25, -0.2) is 4.98 Å². The third-order valence-corrected chi connectivity index (χ3v) is 11.2. The molecule has 0 amide bonds. The monoisotopic (exact) mass is 690 g/mol. The maximum Gasteiger partial charge on any atom is 0.146 e. The van der Waals surface area contributed by atoms with Crippen molar-refractivity contribution in [2.24, 2.45) is 0 Å². The Bertz CT molecular complexity index is 2980. The van der Waals surface area contributed by atoms with Crippen molar-refractivity contribution >= 4 is 33.0 Å². The van der Waals surface area contributed by atoms with E-state index in [-0.39, 0.29) is 0 Å². The zero-order valence-corrected chi connectivity index (χ0v) is 29.5. The molecule has 1 aliphatic rings. The van der Waals surface area contributed by atoms with Crippen molar-refractivity contribution in [1.29, 1.82) is 0 Å². The second kappa shape index (κ2) is 12.3. The van der Waals surface area contributed by atoms with Crippen LogP contribution < -0.4 is 0 Å². The number of nitrogens with zero attached hydrogens (tertiary/aromatic N) is 2. The van der Waals surface area contributed by atoms with Crippen LogP contribution in [0.2, 0.25) is 0 Å². The van der Waals surface area contributed by atoms with Crippen LogP contribution in [-0.4, -0.2) is 9.55 Å². The molecule has 0 bridgehead atoms. The summed E-state index contributed by atoms with van der Waals surface area (Å²) in [5, 5.41) is 2.14. The molecule has 0 atom stereocenters. The standard InChI is InChI=1S/C51H34N2O/c1-3-15-34(16-4-1)37-30-45(51-52-46-24-11-12-25-47(46)53(51)38-18-5-2-6-19-38)50-43-27-26-36(31-48(43)54-49(50)32-37)35-17-13-14-33(28-35)29-44-41-22-9-7-20-39(41)40-21-8-10-23-42(40)44/h1-28,30-32,44H,29H2. The predicted octanol–water partition coefficient (Wildman–Crippen LogP) is 13.3. The average molecular weight is 691 g/mol. The van der Waals surface area contributed by atoms with Crippen LogP contribution in [0.15, 0.2) is 192 Å². The normalized spacial score (nSPS) is 12.4. The van der Waals surface area contributed by atoms with Gasteiger partial charge in [-0.1, -0.05) is 140 Å². The molecule has 2 heterocycles. The Balaban J connectivity index is 1.06. The molecule has 11 rings (SSSR count). The van der Waals surface area contributed by atoms with Gasteiger partial charge in [0.15, 0.2) is 0 Å². The zero-order valence-electron chi connectivity index (χ0n) is 29.5. The summed E-state index contributed by atoms with van der Waals surface area (Å²) in [5.41, 5.74) is 17.3. The number of furan rings is 1. The number of rotatable bonds is 6. The number of fused-ring (bicyclic) bond motifs is 7. The summed E-state index contributed by atoms with van der Waals surface area (Å²) in [7, 11) is 0. The van der Waals surface area contributed by atoms with Crippen molar-refractivity contribution in [3.63, 3.8) is 0 Å². The minimum Gasteiger partial charge on any atom is -0.456 e. The third-order valence-electron chi connectivity index (χ3n) is 11.2. The largest absolute Gasteiger partial charge is 0.456 e. The van der Waals surface area contributed by atoms with Crippen LogP contribution in [0.3, 0.4) is 0 Å². The molecule has 10 aromatic rings. The van der Waals surface area contributed by atoms with Crippen molar-refractivity contribution in [3.8, 4) is 50.5 Å². The zero-order chi connectivity index (χ0) is 35.6. The second-order valence-electron chi connectivity index (χ2n) is 14.3. The first kappa shape index (κ1) is 30.6. The van der Waals surface area contributed by atoms with Gasteiger partial charge in [0.1, 0.15) is 17.0 Å². The molecule has 0 saturated carbocycles. The molecule has 0 spiro atoms. The summed E-state index contributed by atoms with van der Waals surface area (Å²) in [5.74, 6) is 1.22. The van der Waals surface area contributed by atoms with E-state index in [1.807, 2.05) is 0 Å². The molecule has 254 valence electrons. The summed E-state index contributed by atoms with van der Waals surface area (Å²) < 4.78 is 9.11. The highest BCUT2D eigenvalue weighted by molar-refractivity contribution is 6.14. The Morgan fingerprint density at radius 2 is 1.13 bits per heavy atom. The first-order valence-electron chi connectivity index (χ1n) is 18.6. The predicted molar refractivity (Wildman–Crippen MR) is 222 cm³/mol. The molecule has 0 saturated heterocycles. The summed E-state index contributed by atoms with van der Waals surface area (Å²) in [6, 6.07) is 67.4. The molecule has 0 N–H and O–H groups in total. The van der Waals surface area contributed by atoms with Crippen LogP contribution in [0.4, 0.5) is 0 Å². The van der Waals surface area contributed by atoms with Gasteiger partial charge in [-0.3, -0.25) is 4.57 Å². The van der Waals surface area contributed by atoms with Gasteiger partial charge in [0.05, 0.1) is 11.0 Å². The molecule has 0 fully saturated rings. The van der Waals surface area contributed by atoms with Crippen LogP contribution in [0.5, 0.6) is 0 Å². The molecule has 3 nitrogen and oxygen atoms in total. The highest BCUT2D eigenvalue weighted by Gasteiger charge is 2.28. The maximum absolute atomic E-state index is 6.84. The summed E-state index contributed by atoms with van der Waals surface area (Å²) in [4.78, 5) is 5.30. The lowest BCUT2D eigenvalue weighted by molar-refractivity contribution is 0.669. The lowest BCUT2D eigenvalue weighted by Gasteiger charge is -2.15. The fraction of sp³-hybridized carbons (Fsp3) is 0.0392. The van der Waals surface area contributed by atoms with E-state index in [2.05, 4.69) is 193 Å². The minimum absolute atomic E-state index is 0.336. The van der Waals surface area contributed by atoms with Gasteiger partial charge in [0.25, 0.3) is 0 Å². The van der Waals surface area contributed by atoms with Crippen LogP contribution in [-0.2, 0) is 6.42 Å². The van der Waals surface area contributed by atoms with Gasteiger partial charge < -0.3 is 4.42 Å². The first-order chi connectivity index (χ1) is 26.8. The van der Waals surface area contributed by atoms with E-state index in [9.17, 15) is 0 Å². The fourth-order valence-corrected chi connectivity index (χ4v) is 8.70. The van der Waals surface area contributed by atoms with Gasteiger partial charge >= 0.3 is 0 Å². The number of benzene rings is 8. The van der Waals surface area contributed by atoms with Crippen LogP contribution >= 0.6 is 0 Å².